The molecule has 0 bridgehead atoms. The van der Waals surface area contributed by atoms with Crippen molar-refractivity contribution in [2.75, 3.05) is 0 Å². The van der Waals surface area contributed by atoms with E-state index in [2.05, 4.69) is 5.10 Å². The van der Waals surface area contributed by atoms with E-state index >= 15 is 0 Å². The Labute approximate surface area is 115 Å². The van der Waals surface area contributed by atoms with Gasteiger partial charge in [0, 0.05) is 18.0 Å². The number of aromatic nitrogens is 2. The summed E-state index contributed by atoms with van der Waals surface area (Å²) in [7, 11) is 0. The van der Waals surface area contributed by atoms with Crippen LogP contribution in [0.1, 0.15) is 15.9 Å². The minimum Gasteiger partial charge on any atom is -0.489 e. The molecule has 0 amide bonds. The predicted octanol–water partition coefficient (Wildman–Crippen LogP) is 2.61. The van der Waals surface area contributed by atoms with E-state index in [0.717, 1.165) is 11.1 Å². The van der Waals surface area contributed by atoms with E-state index in [1.807, 2.05) is 24.4 Å². The highest BCUT2D eigenvalue weighted by Crippen LogP contribution is 2.17. The fraction of sp³-hybridized carbons (Fsp3) is 0.0667. The number of hydrogen-bond acceptors (Lipinski definition) is 3. The molecule has 3 aromatic rings. The summed E-state index contributed by atoms with van der Waals surface area (Å²) in [4.78, 5) is 10.9. The maximum absolute atomic E-state index is 10.9. The van der Waals surface area contributed by atoms with Gasteiger partial charge in [-0.25, -0.2) is 9.31 Å². The largest absolute Gasteiger partial charge is 0.489 e. The number of carbonyl (C=O) groups is 1. The van der Waals surface area contributed by atoms with E-state index in [4.69, 9.17) is 9.84 Å². The molecule has 100 valence electrons. The highest BCUT2D eigenvalue weighted by molar-refractivity contribution is 5.88. The van der Waals surface area contributed by atoms with Crippen LogP contribution in [0.25, 0.3) is 5.52 Å². The molecular formula is C15H12N2O3. The van der Waals surface area contributed by atoms with Crippen molar-refractivity contribution in [3.05, 3.63) is 66.0 Å². The van der Waals surface area contributed by atoms with Crippen LogP contribution < -0.4 is 4.74 Å². The minimum atomic E-state index is -0.964. The van der Waals surface area contributed by atoms with Gasteiger partial charge >= 0.3 is 5.97 Å². The molecule has 5 heteroatoms. The standard InChI is InChI=1S/C15H12N2O3/c18-15(19)11-3-1-5-13(9-11)20-10-12-4-2-8-17-14(12)6-7-16-17/h1-9H,10H2,(H,18,19). The van der Waals surface area contributed by atoms with Crippen LogP contribution in [-0.2, 0) is 6.61 Å². The molecule has 1 N–H and O–H groups in total. The summed E-state index contributed by atoms with van der Waals surface area (Å²) in [5.41, 5.74) is 2.18. The molecule has 0 aliphatic rings. The van der Waals surface area contributed by atoms with Crippen LogP contribution in [0.2, 0.25) is 0 Å². The fourth-order valence-corrected chi connectivity index (χ4v) is 2.02. The second-order valence-corrected chi connectivity index (χ2v) is 4.32. The van der Waals surface area contributed by atoms with Gasteiger partial charge in [-0.15, -0.1) is 0 Å². The molecule has 2 heterocycles. The Hall–Kier alpha value is -2.82. The predicted molar refractivity (Wildman–Crippen MR) is 72.9 cm³/mol. The first-order valence-corrected chi connectivity index (χ1v) is 6.11. The van der Waals surface area contributed by atoms with Crippen LogP contribution in [-0.4, -0.2) is 20.7 Å². The fourth-order valence-electron chi connectivity index (χ4n) is 2.02. The van der Waals surface area contributed by atoms with E-state index in [0.29, 0.717) is 12.4 Å². The third-order valence-electron chi connectivity index (χ3n) is 3.00. The van der Waals surface area contributed by atoms with Crippen molar-refractivity contribution in [2.24, 2.45) is 0 Å². The number of aromatic carboxylic acids is 1. The number of ether oxygens (including phenoxy) is 1. The molecule has 0 atom stereocenters. The smallest absolute Gasteiger partial charge is 0.335 e. The molecule has 2 aromatic heterocycles. The summed E-state index contributed by atoms with van der Waals surface area (Å²) in [6.45, 7) is 0.360. The Morgan fingerprint density at radius 2 is 2.15 bits per heavy atom. The van der Waals surface area contributed by atoms with Gasteiger partial charge < -0.3 is 9.84 Å². The first-order valence-electron chi connectivity index (χ1n) is 6.11. The summed E-state index contributed by atoms with van der Waals surface area (Å²) >= 11 is 0. The summed E-state index contributed by atoms with van der Waals surface area (Å²) in [6.07, 6.45) is 3.59. The normalized spacial score (nSPS) is 10.6. The van der Waals surface area contributed by atoms with Crippen LogP contribution in [0.4, 0.5) is 0 Å². The lowest BCUT2D eigenvalue weighted by Crippen LogP contribution is -2.00. The quantitative estimate of drug-likeness (QED) is 0.790. The first-order chi connectivity index (χ1) is 9.74. The topological polar surface area (TPSA) is 63.8 Å². The Bertz CT molecular complexity index is 764. The molecule has 0 spiro atoms. The number of carboxylic acids is 1. The van der Waals surface area contributed by atoms with E-state index in [1.54, 1.807) is 22.8 Å². The average molecular weight is 268 g/mol. The van der Waals surface area contributed by atoms with Gasteiger partial charge in [-0.3, -0.25) is 0 Å². The van der Waals surface area contributed by atoms with Crippen molar-refractivity contribution >= 4 is 11.5 Å². The number of rotatable bonds is 4. The van der Waals surface area contributed by atoms with Crippen LogP contribution in [0.5, 0.6) is 5.75 Å². The molecule has 0 aliphatic heterocycles. The maximum atomic E-state index is 10.9. The second-order valence-electron chi connectivity index (χ2n) is 4.32. The van der Waals surface area contributed by atoms with Gasteiger partial charge in [0.05, 0.1) is 11.1 Å². The van der Waals surface area contributed by atoms with E-state index in [9.17, 15) is 4.79 Å². The molecule has 0 saturated carbocycles. The van der Waals surface area contributed by atoms with Crippen LogP contribution in [0.3, 0.4) is 0 Å². The van der Waals surface area contributed by atoms with Crippen molar-refractivity contribution in [3.63, 3.8) is 0 Å². The average Bonchev–Trinajstić information content (AvgIpc) is 2.94. The Balaban J connectivity index is 1.81. The number of fused-ring (bicyclic) bond motifs is 1. The van der Waals surface area contributed by atoms with Crippen molar-refractivity contribution < 1.29 is 14.6 Å². The van der Waals surface area contributed by atoms with Crippen molar-refractivity contribution in [2.45, 2.75) is 6.61 Å². The van der Waals surface area contributed by atoms with Gasteiger partial charge in [0.1, 0.15) is 12.4 Å². The number of carboxylic acid groups (broad SMARTS) is 1. The van der Waals surface area contributed by atoms with Crippen molar-refractivity contribution in [1.29, 1.82) is 0 Å². The Kier molecular flexibility index (Phi) is 3.09. The lowest BCUT2D eigenvalue weighted by molar-refractivity contribution is 0.0696. The summed E-state index contributed by atoms with van der Waals surface area (Å²) < 4.78 is 7.43. The van der Waals surface area contributed by atoms with Crippen LogP contribution in [0.15, 0.2) is 54.9 Å². The zero-order valence-corrected chi connectivity index (χ0v) is 10.6. The van der Waals surface area contributed by atoms with E-state index < -0.39 is 5.97 Å². The molecule has 0 saturated heterocycles. The van der Waals surface area contributed by atoms with Gasteiger partial charge in [0.2, 0.25) is 0 Å². The molecule has 0 radical (unpaired) electrons. The van der Waals surface area contributed by atoms with Crippen LogP contribution in [0, 0.1) is 0 Å². The van der Waals surface area contributed by atoms with Crippen molar-refractivity contribution in [1.82, 2.24) is 9.61 Å². The third kappa shape index (κ3) is 2.33. The van der Waals surface area contributed by atoms with Gasteiger partial charge in [0.25, 0.3) is 0 Å². The Morgan fingerprint density at radius 1 is 1.25 bits per heavy atom. The molecule has 0 unspecified atom stereocenters. The van der Waals surface area contributed by atoms with Gasteiger partial charge in [0.15, 0.2) is 0 Å². The van der Waals surface area contributed by atoms with E-state index in [1.165, 1.54) is 12.1 Å². The monoisotopic (exact) mass is 268 g/mol. The number of pyridine rings is 1. The second kappa shape index (κ2) is 5.05. The molecule has 20 heavy (non-hydrogen) atoms. The third-order valence-corrected chi connectivity index (χ3v) is 3.00. The van der Waals surface area contributed by atoms with Crippen LogP contribution >= 0.6 is 0 Å². The molecule has 0 fully saturated rings. The molecule has 5 nitrogen and oxygen atoms in total. The van der Waals surface area contributed by atoms with Gasteiger partial charge in [-0.1, -0.05) is 12.1 Å². The number of hydrogen-bond donors (Lipinski definition) is 1. The molecule has 1 aromatic carbocycles. The maximum Gasteiger partial charge on any atom is 0.335 e. The Morgan fingerprint density at radius 3 is 3.00 bits per heavy atom. The molecule has 3 rings (SSSR count). The number of benzene rings is 1. The zero-order chi connectivity index (χ0) is 13.9. The zero-order valence-electron chi connectivity index (χ0n) is 10.6. The molecular weight excluding hydrogens is 256 g/mol. The lowest BCUT2D eigenvalue weighted by atomic mass is 10.2. The summed E-state index contributed by atoms with van der Waals surface area (Å²) in [5, 5.41) is 13.1. The highest BCUT2D eigenvalue weighted by atomic mass is 16.5. The minimum absolute atomic E-state index is 0.213. The SMILES string of the molecule is O=C(O)c1cccc(OCc2cccn3nccc23)c1. The summed E-state index contributed by atoms with van der Waals surface area (Å²) in [6, 6.07) is 12.2. The van der Waals surface area contributed by atoms with Gasteiger partial charge in [-0.05, 0) is 30.3 Å². The van der Waals surface area contributed by atoms with Gasteiger partial charge in [-0.2, -0.15) is 5.10 Å². The number of nitrogens with zero attached hydrogens (tertiary/aromatic N) is 2. The first kappa shape index (κ1) is 12.2. The lowest BCUT2D eigenvalue weighted by Gasteiger charge is -2.08. The van der Waals surface area contributed by atoms with Crippen molar-refractivity contribution in [3.8, 4) is 5.75 Å². The summed E-state index contributed by atoms with van der Waals surface area (Å²) in [5.74, 6) is -0.431. The van der Waals surface area contributed by atoms with E-state index in [-0.39, 0.29) is 5.56 Å². The molecule has 0 aliphatic carbocycles. The highest BCUT2D eigenvalue weighted by Gasteiger charge is 2.05.